The largest absolute Gasteiger partial charge is 0.357 e. The fourth-order valence-corrected chi connectivity index (χ4v) is 3.00. The fraction of sp³-hybridized carbons (Fsp3) is 0.412. The van der Waals surface area contributed by atoms with Crippen LogP contribution in [0.5, 0.6) is 0 Å². The minimum absolute atomic E-state index is 0. The number of aromatic nitrogens is 1. The van der Waals surface area contributed by atoms with Crippen molar-refractivity contribution < 1.29 is 4.39 Å². The van der Waals surface area contributed by atoms with Gasteiger partial charge in [-0.2, -0.15) is 0 Å². The van der Waals surface area contributed by atoms with E-state index in [1.165, 1.54) is 10.9 Å². The topological polar surface area (TPSA) is 40.5 Å². The molecular formula is C17H24FIN4S. The van der Waals surface area contributed by atoms with E-state index in [9.17, 15) is 4.39 Å². The standard InChI is InChI=1S/C17H23FN4S.HI/c1-4-19-17(20-9-8-16-21-11-13(2)23-16)22(3)12-14-6-5-7-15(18)10-14;/h5-7,10-11H,4,8-9,12H2,1-3H3,(H,19,20);1H. The second kappa shape index (κ2) is 10.6. The Kier molecular flexibility index (Phi) is 9.20. The molecular weight excluding hydrogens is 438 g/mol. The van der Waals surface area contributed by atoms with Crippen LogP contribution in [0.1, 0.15) is 22.4 Å². The molecule has 0 saturated heterocycles. The van der Waals surface area contributed by atoms with Gasteiger partial charge in [0.15, 0.2) is 5.96 Å². The van der Waals surface area contributed by atoms with Gasteiger partial charge in [0, 0.05) is 44.2 Å². The highest BCUT2D eigenvalue weighted by Crippen LogP contribution is 2.11. The zero-order valence-electron chi connectivity index (χ0n) is 14.3. The highest BCUT2D eigenvalue weighted by Gasteiger charge is 2.07. The van der Waals surface area contributed by atoms with Crippen LogP contribution < -0.4 is 5.32 Å². The van der Waals surface area contributed by atoms with Crippen molar-refractivity contribution in [3.8, 4) is 0 Å². The first-order valence-corrected chi connectivity index (χ1v) is 8.55. The molecule has 1 heterocycles. The van der Waals surface area contributed by atoms with Gasteiger partial charge in [0.25, 0.3) is 0 Å². The highest BCUT2D eigenvalue weighted by molar-refractivity contribution is 14.0. The summed E-state index contributed by atoms with van der Waals surface area (Å²) in [6.07, 6.45) is 2.73. The lowest BCUT2D eigenvalue weighted by molar-refractivity contribution is 0.475. The third-order valence-corrected chi connectivity index (χ3v) is 4.23. The minimum atomic E-state index is -0.211. The number of rotatable bonds is 6. The first-order chi connectivity index (χ1) is 11.1. The quantitative estimate of drug-likeness (QED) is 0.403. The van der Waals surface area contributed by atoms with Gasteiger partial charge in [0.2, 0.25) is 0 Å². The molecule has 2 aromatic rings. The lowest BCUT2D eigenvalue weighted by Gasteiger charge is -2.22. The lowest BCUT2D eigenvalue weighted by Crippen LogP contribution is -2.38. The van der Waals surface area contributed by atoms with E-state index in [2.05, 4.69) is 22.2 Å². The zero-order valence-corrected chi connectivity index (χ0v) is 17.4. The van der Waals surface area contributed by atoms with Crippen LogP contribution in [0.4, 0.5) is 4.39 Å². The summed E-state index contributed by atoms with van der Waals surface area (Å²) in [5.74, 6) is 0.613. The van der Waals surface area contributed by atoms with Gasteiger partial charge in [-0.25, -0.2) is 9.37 Å². The minimum Gasteiger partial charge on any atom is -0.357 e. The SMILES string of the molecule is CCNC(=NCCc1ncc(C)s1)N(C)Cc1cccc(F)c1.I. The Morgan fingerprint density at radius 3 is 2.83 bits per heavy atom. The number of halogens is 2. The molecule has 132 valence electrons. The highest BCUT2D eigenvalue weighted by atomic mass is 127. The predicted octanol–water partition coefficient (Wildman–Crippen LogP) is 3.85. The van der Waals surface area contributed by atoms with E-state index < -0.39 is 0 Å². The summed E-state index contributed by atoms with van der Waals surface area (Å²) in [6, 6.07) is 6.66. The zero-order chi connectivity index (χ0) is 16.7. The van der Waals surface area contributed by atoms with Crippen LogP contribution in [0, 0.1) is 12.7 Å². The number of aliphatic imine (C=N–C) groups is 1. The van der Waals surface area contributed by atoms with Crippen LogP contribution in [0.25, 0.3) is 0 Å². The fourth-order valence-electron chi connectivity index (χ4n) is 2.23. The molecule has 0 bridgehead atoms. The van der Waals surface area contributed by atoms with E-state index in [0.29, 0.717) is 13.1 Å². The Balaban J connectivity index is 0.00000288. The van der Waals surface area contributed by atoms with E-state index in [4.69, 9.17) is 0 Å². The normalized spacial score (nSPS) is 11.1. The van der Waals surface area contributed by atoms with Crippen LogP contribution in [0.15, 0.2) is 35.5 Å². The van der Waals surface area contributed by atoms with E-state index >= 15 is 0 Å². The molecule has 4 nitrogen and oxygen atoms in total. The van der Waals surface area contributed by atoms with Crippen molar-refractivity contribution in [2.75, 3.05) is 20.1 Å². The summed E-state index contributed by atoms with van der Waals surface area (Å²) in [4.78, 5) is 12.2. The van der Waals surface area contributed by atoms with Crippen LogP contribution in [-0.4, -0.2) is 36.0 Å². The van der Waals surface area contributed by atoms with Crippen molar-refractivity contribution in [1.29, 1.82) is 0 Å². The number of hydrogen-bond acceptors (Lipinski definition) is 3. The molecule has 0 amide bonds. The first kappa shape index (κ1) is 20.8. The van der Waals surface area contributed by atoms with Crippen LogP contribution in [-0.2, 0) is 13.0 Å². The number of hydrogen-bond donors (Lipinski definition) is 1. The molecule has 0 radical (unpaired) electrons. The summed E-state index contributed by atoms with van der Waals surface area (Å²) in [5.41, 5.74) is 0.925. The maximum absolute atomic E-state index is 13.3. The smallest absolute Gasteiger partial charge is 0.193 e. The molecule has 0 unspecified atom stereocenters. The summed E-state index contributed by atoms with van der Waals surface area (Å²) in [7, 11) is 1.96. The summed E-state index contributed by atoms with van der Waals surface area (Å²) in [6.45, 7) is 6.18. The van der Waals surface area contributed by atoms with Gasteiger partial charge in [0.1, 0.15) is 5.82 Å². The maximum atomic E-state index is 13.3. The Hall–Kier alpha value is -1.22. The van der Waals surface area contributed by atoms with Gasteiger partial charge in [-0.15, -0.1) is 35.3 Å². The molecule has 1 aromatic heterocycles. The number of thiazole rings is 1. The van der Waals surface area contributed by atoms with E-state index in [1.54, 1.807) is 23.5 Å². The molecule has 0 atom stereocenters. The van der Waals surface area contributed by atoms with Gasteiger partial charge in [0.05, 0.1) is 5.01 Å². The molecule has 0 aliphatic carbocycles. The van der Waals surface area contributed by atoms with Crippen molar-refractivity contribution >= 4 is 41.3 Å². The second-order valence-corrected chi connectivity index (χ2v) is 6.66. The molecule has 1 aromatic carbocycles. The Labute approximate surface area is 164 Å². The van der Waals surface area contributed by atoms with Gasteiger partial charge >= 0.3 is 0 Å². The summed E-state index contributed by atoms with van der Waals surface area (Å²) >= 11 is 1.71. The molecule has 0 fully saturated rings. The van der Waals surface area contributed by atoms with Gasteiger partial charge in [-0.1, -0.05) is 12.1 Å². The van der Waals surface area contributed by atoms with Crippen molar-refractivity contribution in [3.05, 3.63) is 51.7 Å². The molecule has 2 rings (SSSR count). The van der Waals surface area contributed by atoms with Crippen molar-refractivity contribution in [1.82, 2.24) is 15.2 Å². The van der Waals surface area contributed by atoms with E-state index in [1.807, 2.05) is 31.1 Å². The van der Waals surface area contributed by atoms with Crippen LogP contribution in [0.2, 0.25) is 0 Å². The van der Waals surface area contributed by atoms with Gasteiger partial charge < -0.3 is 10.2 Å². The number of guanidine groups is 1. The van der Waals surface area contributed by atoms with Crippen molar-refractivity contribution in [3.63, 3.8) is 0 Å². The summed E-state index contributed by atoms with van der Waals surface area (Å²) < 4.78 is 13.3. The van der Waals surface area contributed by atoms with Crippen molar-refractivity contribution in [2.45, 2.75) is 26.8 Å². The monoisotopic (exact) mass is 462 g/mol. The predicted molar refractivity (Wildman–Crippen MR) is 110 cm³/mol. The number of benzene rings is 1. The Bertz CT molecular complexity index is 660. The average molecular weight is 462 g/mol. The maximum Gasteiger partial charge on any atom is 0.193 e. The van der Waals surface area contributed by atoms with Gasteiger partial charge in [-0.3, -0.25) is 4.99 Å². The number of nitrogens with zero attached hydrogens (tertiary/aromatic N) is 3. The van der Waals surface area contributed by atoms with Crippen LogP contribution >= 0.6 is 35.3 Å². The molecule has 0 spiro atoms. The van der Waals surface area contributed by atoms with Gasteiger partial charge in [-0.05, 0) is 31.5 Å². The third-order valence-electron chi connectivity index (χ3n) is 3.26. The summed E-state index contributed by atoms with van der Waals surface area (Å²) in [5, 5.41) is 4.38. The first-order valence-electron chi connectivity index (χ1n) is 7.73. The lowest BCUT2D eigenvalue weighted by atomic mass is 10.2. The molecule has 1 N–H and O–H groups in total. The molecule has 0 aliphatic rings. The number of nitrogens with one attached hydrogen (secondary N) is 1. The molecule has 7 heteroatoms. The Morgan fingerprint density at radius 1 is 1.42 bits per heavy atom. The van der Waals surface area contributed by atoms with E-state index in [0.717, 1.165) is 29.5 Å². The van der Waals surface area contributed by atoms with Crippen molar-refractivity contribution in [2.24, 2.45) is 4.99 Å². The third kappa shape index (κ3) is 6.72. The Morgan fingerprint density at radius 2 is 2.21 bits per heavy atom. The number of aryl methyl sites for hydroxylation is 1. The van der Waals surface area contributed by atoms with E-state index in [-0.39, 0.29) is 29.8 Å². The molecule has 0 saturated carbocycles. The van der Waals surface area contributed by atoms with Crippen LogP contribution in [0.3, 0.4) is 0 Å². The molecule has 24 heavy (non-hydrogen) atoms. The molecule has 0 aliphatic heterocycles. The second-order valence-electron chi connectivity index (χ2n) is 5.34. The average Bonchev–Trinajstić information content (AvgIpc) is 2.92.